The van der Waals surface area contributed by atoms with Crippen LogP contribution in [0.5, 0.6) is 0 Å². The second-order valence-electron chi connectivity index (χ2n) is 7.83. The Kier molecular flexibility index (Phi) is 6.66. The predicted molar refractivity (Wildman–Crippen MR) is 119 cm³/mol. The predicted octanol–water partition coefficient (Wildman–Crippen LogP) is 3.76. The molecule has 2 unspecified atom stereocenters. The van der Waals surface area contributed by atoms with Gasteiger partial charge in [-0.25, -0.2) is 9.78 Å². The molecule has 1 aromatic heterocycles. The normalized spacial score (nSPS) is 19.7. The van der Waals surface area contributed by atoms with Gasteiger partial charge in [-0.3, -0.25) is 9.59 Å². The summed E-state index contributed by atoms with van der Waals surface area (Å²) in [5.41, 5.74) is 0.491. The first kappa shape index (κ1) is 22.5. The average molecular weight is 497 g/mol. The summed E-state index contributed by atoms with van der Waals surface area (Å²) in [5, 5.41) is 5.55. The van der Waals surface area contributed by atoms with Gasteiger partial charge in [0.05, 0.1) is 17.3 Å². The van der Waals surface area contributed by atoms with Gasteiger partial charge in [0.2, 0.25) is 11.8 Å². The Bertz CT molecular complexity index is 979. The van der Waals surface area contributed by atoms with Crippen LogP contribution < -0.4 is 10.6 Å². The summed E-state index contributed by atoms with van der Waals surface area (Å²) in [6.45, 7) is 5.91. The summed E-state index contributed by atoms with van der Waals surface area (Å²) in [7, 11) is 1.25. The van der Waals surface area contributed by atoms with Crippen LogP contribution in [-0.4, -0.2) is 53.0 Å². The van der Waals surface area contributed by atoms with Crippen molar-refractivity contribution in [1.29, 1.82) is 0 Å². The maximum absolute atomic E-state index is 13.3. The maximum Gasteiger partial charge on any atom is 0.407 e. The summed E-state index contributed by atoms with van der Waals surface area (Å²) in [6, 6.07) is 4.75. The van der Waals surface area contributed by atoms with Crippen molar-refractivity contribution in [3.05, 3.63) is 22.1 Å². The maximum atomic E-state index is 13.3. The van der Waals surface area contributed by atoms with Crippen LogP contribution in [0.1, 0.15) is 33.6 Å². The smallest absolute Gasteiger partial charge is 0.407 e. The van der Waals surface area contributed by atoms with Gasteiger partial charge in [0.1, 0.15) is 11.6 Å². The summed E-state index contributed by atoms with van der Waals surface area (Å²) in [4.78, 5) is 44.1. The number of ether oxygens (including phenoxy) is 1. The molecule has 1 saturated heterocycles. The summed E-state index contributed by atoms with van der Waals surface area (Å²) in [6.07, 6.45) is 0.581. The number of carbonyl (C=O) groups is 3. The van der Waals surface area contributed by atoms with Crippen molar-refractivity contribution in [2.75, 3.05) is 19.0 Å². The zero-order valence-electron chi connectivity index (χ0n) is 17.3. The molecule has 3 rings (SSSR count). The van der Waals surface area contributed by atoms with Gasteiger partial charge in [-0.05, 0) is 59.8 Å². The first-order chi connectivity index (χ1) is 14.2. The van der Waals surface area contributed by atoms with E-state index in [1.54, 1.807) is 17.9 Å². The Balaban J connectivity index is 1.80. The molecule has 0 bridgehead atoms. The third-order valence-corrected chi connectivity index (χ3v) is 6.88. The number of anilines is 1. The van der Waals surface area contributed by atoms with E-state index in [0.717, 1.165) is 14.1 Å². The molecule has 8 nitrogen and oxygen atoms in total. The first-order valence-electron chi connectivity index (χ1n) is 9.69. The molecule has 2 N–H and O–H groups in total. The molecule has 0 radical (unpaired) electrons. The molecular formula is C20H25BrN4O4S. The Morgan fingerprint density at radius 3 is 2.73 bits per heavy atom. The average Bonchev–Trinajstić information content (AvgIpc) is 3.27. The molecule has 1 aliphatic rings. The SMILES string of the molecule is COC(=O)NC(C(=O)N1CCCC1(C)C(=O)Nc1ccc2nc(Br)sc2c1)C(C)C. The Morgan fingerprint density at radius 1 is 1.33 bits per heavy atom. The van der Waals surface area contributed by atoms with Gasteiger partial charge < -0.3 is 20.3 Å². The minimum Gasteiger partial charge on any atom is -0.453 e. The monoisotopic (exact) mass is 496 g/mol. The van der Waals surface area contributed by atoms with Gasteiger partial charge in [0.25, 0.3) is 0 Å². The van der Waals surface area contributed by atoms with Crippen molar-refractivity contribution in [3.63, 3.8) is 0 Å². The summed E-state index contributed by atoms with van der Waals surface area (Å²) < 4.78 is 6.38. The van der Waals surface area contributed by atoms with Crippen LogP contribution in [-0.2, 0) is 14.3 Å². The van der Waals surface area contributed by atoms with E-state index in [1.165, 1.54) is 18.4 Å². The second kappa shape index (κ2) is 8.89. The molecule has 1 aromatic carbocycles. The number of hydrogen-bond acceptors (Lipinski definition) is 6. The molecular weight excluding hydrogens is 472 g/mol. The number of amides is 3. The number of rotatable bonds is 5. The number of likely N-dealkylation sites (tertiary alicyclic amines) is 1. The van der Waals surface area contributed by atoms with E-state index in [-0.39, 0.29) is 17.7 Å². The number of benzene rings is 1. The fourth-order valence-corrected chi connectivity index (χ4v) is 5.10. The number of aromatic nitrogens is 1. The van der Waals surface area contributed by atoms with Crippen molar-refractivity contribution >= 4 is 61.1 Å². The molecule has 162 valence electrons. The van der Waals surface area contributed by atoms with E-state index in [1.807, 2.05) is 26.0 Å². The van der Waals surface area contributed by atoms with E-state index < -0.39 is 17.7 Å². The number of alkyl carbamates (subject to hydrolysis) is 1. The molecule has 2 heterocycles. The highest BCUT2D eigenvalue weighted by Crippen LogP contribution is 2.33. The van der Waals surface area contributed by atoms with Gasteiger partial charge >= 0.3 is 6.09 Å². The Hall–Kier alpha value is -2.20. The Labute approximate surface area is 187 Å². The van der Waals surface area contributed by atoms with E-state index in [9.17, 15) is 14.4 Å². The molecule has 0 aliphatic carbocycles. The lowest BCUT2D eigenvalue weighted by atomic mass is 9.95. The topological polar surface area (TPSA) is 101 Å². The van der Waals surface area contributed by atoms with Crippen LogP contribution in [0.4, 0.5) is 10.5 Å². The minimum absolute atomic E-state index is 0.156. The third kappa shape index (κ3) is 4.44. The van der Waals surface area contributed by atoms with Crippen LogP contribution in [0.15, 0.2) is 22.1 Å². The van der Waals surface area contributed by atoms with Crippen LogP contribution in [0.3, 0.4) is 0 Å². The largest absolute Gasteiger partial charge is 0.453 e. The van der Waals surface area contributed by atoms with Crippen molar-refractivity contribution in [2.45, 2.75) is 45.2 Å². The van der Waals surface area contributed by atoms with Crippen LogP contribution in [0, 0.1) is 5.92 Å². The fourth-order valence-electron chi connectivity index (χ4n) is 3.66. The number of thiazole rings is 1. The molecule has 30 heavy (non-hydrogen) atoms. The van der Waals surface area contributed by atoms with Crippen LogP contribution in [0.2, 0.25) is 0 Å². The summed E-state index contributed by atoms with van der Waals surface area (Å²) >= 11 is 4.85. The number of halogens is 1. The third-order valence-electron chi connectivity index (χ3n) is 5.41. The van der Waals surface area contributed by atoms with Gasteiger partial charge in [-0.15, -0.1) is 11.3 Å². The zero-order valence-corrected chi connectivity index (χ0v) is 19.7. The number of fused-ring (bicyclic) bond motifs is 1. The van der Waals surface area contributed by atoms with Crippen molar-refractivity contribution < 1.29 is 19.1 Å². The second-order valence-corrected chi connectivity index (χ2v) is 10.1. The quantitative estimate of drug-likeness (QED) is 0.656. The minimum atomic E-state index is -1.01. The van der Waals surface area contributed by atoms with Crippen LogP contribution in [0.25, 0.3) is 10.2 Å². The number of nitrogens with one attached hydrogen (secondary N) is 2. The van der Waals surface area contributed by atoms with Gasteiger partial charge in [-0.2, -0.15) is 0 Å². The van der Waals surface area contributed by atoms with Gasteiger partial charge in [-0.1, -0.05) is 13.8 Å². The van der Waals surface area contributed by atoms with E-state index in [0.29, 0.717) is 25.1 Å². The van der Waals surface area contributed by atoms with Gasteiger partial charge in [0.15, 0.2) is 3.92 Å². The molecule has 1 fully saturated rings. The number of hydrogen-bond donors (Lipinski definition) is 2. The van der Waals surface area contributed by atoms with E-state index in [2.05, 4.69) is 36.3 Å². The lowest BCUT2D eigenvalue weighted by Crippen LogP contribution is -2.59. The van der Waals surface area contributed by atoms with Crippen LogP contribution >= 0.6 is 27.3 Å². The van der Waals surface area contributed by atoms with Crippen molar-refractivity contribution in [2.24, 2.45) is 5.92 Å². The molecule has 0 saturated carbocycles. The lowest BCUT2D eigenvalue weighted by Gasteiger charge is -2.37. The molecule has 2 aromatic rings. The first-order valence-corrected chi connectivity index (χ1v) is 11.3. The highest BCUT2D eigenvalue weighted by atomic mass is 79.9. The van der Waals surface area contributed by atoms with Crippen molar-refractivity contribution in [1.82, 2.24) is 15.2 Å². The van der Waals surface area contributed by atoms with E-state index in [4.69, 9.17) is 0 Å². The number of methoxy groups -OCH3 is 1. The molecule has 10 heteroatoms. The fraction of sp³-hybridized carbons (Fsp3) is 0.500. The number of carbonyl (C=O) groups excluding carboxylic acids is 3. The van der Waals surface area contributed by atoms with Crippen molar-refractivity contribution in [3.8, 4) is 0 Å². The number of nitrogens with zero attached hydrogens (tertiary/aromatic N) is 2. The highest BCUT2D eigenvalue weighted by Gasteiger charge is 2.47. The summed E-state index contributed by atoms with van der Waals surface area (Å²) in [5.74, 6) is -0.694. The molecule has 2 atom stereocenters. The lowest BCUT2D eigenvalue weighted by molar-refractivity contribution is -0.144. The molecule has 3 amide bonds. The Morgan fingerprint density at radius 2 is 2.07 bits per heavy atom. The molecule has 0 spiro atoms. The zero-order chi connectivity index (χ0) is 22.1. The van der Waals surface area contributed by atoms with Gasteiger partial charge in [0, 0.05) is 12.2 Å². The molecule has 1 aliphatic heterocycles. The highest BCUT2D eigenvalue weighted by molar-refractivity contribution is 9.11. The van der Waals surface area contributed by atoms with E-state index >= 15 is 0 Å². The standard InChI is InChI=1S/C20H25BrN4O4S/c1-11(2)15(24-19(28)29-4)16(26)25-9-5-8-20(25,3)17(27)22-12-6-7-13-14(10-12)30-18(21)23-13/h6-7,10-11,15H,5,8-9H2,1-4H3,(H,22,27)(H,24,28).